The highest BCUT2D eigenvalue weighted by Crippen LogP contribution is 2.27. The van der Waals surface area contributed by atoms with Crippen molar-refractivity contribution >= 4 is 6.21 Å². The van der Waals surface area contributed by atoms with Crippen molar-refractivity contribution in [3.63, 3.8) is 0 Å². The Labute approximate surface area is 136 Å². The van der Waals surface area contributed by atoms with Crippen LogP contribution in [0.2, 0.25) is 0 Å². The molecule has 1 N–H and O–H groups in total. The number of phenolic OH excluding ortho intramolecular Hbond substituents is 1. The summed E-state index contributed by atoms with van der Waals surface area (Å²) in [5.41, 5.74) is 0.616. The van der Waals surface area contributed by atoms with Gasteiger partial charge in [0, 0.05) is 11.8 Å². The number of hydrogen-bond acceptors (Lipinski definition) is 5. The first kappa shape index (κ1) is 16.7. The lowest BCUT2D eigenvalue weighted by Crippen LogP contribution is -2.01. The minimum atomic E-state index is 0.0891. The first-order valence-corrected chi connectivity index (χ1v) is 7.46. The molecule has 0 saturated carbocycles. The minimum absolute atomic E-state index is 0.0891. The molecule has 0 spiro atoms. The Morgan fingerprint density at radius 1 is 1.04 bits per heavy atom. The van der Waals surface area contributed by atoms with Crippen LogP contribution in [0, 0.1) is 0 Å². The maximum Gasteiger partial charge on any atom is 0.166 e. The van der Waals surface area contributed by atoms with Crippen molar-refractivity contribution in [3.8, 4) is 23.0 Å². The third kappa shape index (κ3) is 4.92. The molecule has 0 fully saturated rings. The fraction of sp³-hybridized carbons (Fsp3) is 0.278. The van der Waals surface area contributed by atoms with Crippen molar-refractivity contribution in [3.05, 3.63) is 48.0 Å². The molecule has 5 nitrogen and oxygen atoms in total. The Bertz CT molecular complexity index is 638. The molecule has 122 valence electrons. The van der Waals surface area contributed by atoms with Crippen molar-refractivity contribution in [1.82, 2.24) is 0 Å². The van der Waals surface area contributed by atoms with Crippen molar-refractivity contribution in [2.75, 3.05) is 26.9 Å². The number of methoxy groups -OCH3 is 1. The van der Waals surface area contributed by atoms with Gasteiger partial charge < -0.3 is 19.3 Å². The lowest BCUT2D eigenvalue weighted by atomic mass is 10.2. The van der Waals surface area contributed by atoms with E-state index in [9.17, 15) is 5.11 Å². The third-order valence-electron chi connectivity index (χ3n) is 3.10. The summed E-state index contributed by atoms with van der Waals surface area (Å²) in [6.45, 7) is 3.54. The smallest absolute Gasteiger partial charge is 0.166 e. The van der Waals surface area contributed by atoms with Gasteiger partial charge in [-0.25, -0.2) is 0 Å². The van der Waals surface area contributed by atoms with E-state index >= 15 is 0 Å². The lowest BCUT2D eigenvalue weighted by molar-refractivity contribution is 0.323. The third-order valence-corrected chi connectivity index (χ3v) is 3.10. The Hall–Kier alpha value is -2.69. The minimum Gasteiger partial charge on any atom is -0.504 e. The van der Waals surface area contributed by atoms with Crippen LogP contribution in [0.5, 0.6) is 23.0 Å². The molecule has 2 aromatic rings. The summed E-state index contributed by atoms with van der Waals surface area (Å²) in [6.07, 6.45) is 1.61. The molecule has 0 atom stereocenters. The van der Waals surface area contributed by atoms with Gasteiger partial charge in [0.15, 0.2) is 11.5 Å². The molecule has 23 heavy (non-hydrogen) atoms. The van der Waals surface area contributed by atoms with E-state index in [4.69, 9.17) is 14.2 Å². The molecular formula is C18H21NO4. The van der Waals surface area contributed by atoms with Crippen LogP contribution in [-0.2, 0) is 0 Å². The Morgan fingerprint density at radius 2 is 1.74 bits per heavy atom. The number of para-hydroxylation sites is 1. The first-order valence-electron chi connectivity index (χ1n) is 7.46. The lowest BCUT2D eigenvalue weighted by Gasteiger charge is -2.07. The zero-order valence-electron chi connectivity index (χ0n) is 13.4. The van der Waals surface area contributed by atoms with Crippen LogP contribution in [-0.4, -0.2) is 38.2 Å². The quantitative estimate of drug-likeness (QED) is 0.600. The normalized spacial score (nSPS) is 10.7. The molecule has 0 heterocycles. The van der Waals surface area contributed by atoms with Gasteiger partial charge in [0.1, 0.15) is 18.1 Å². The number of ether oxygens (including phenoxy) is 3. The molecule has 0 saturated heterocycles. The number of hydrogen-bond donors (Lipinski definition) is 1. The topological polar surface area (TPSA) is 60.3 Å². The van der Waals surface area contributed by atoms with Gasteiger partial charge in [-0.2, -0.15) is 0 Å². The van der Waals surface area contributed by atoms with Crippen LogP contribution in [0.1, 0.15) is 12.5 Å². The van der Waals surface area contributed by atoms with Gasteiger partial charge in [-0.15, -0.1) is 0 Å². The van der Waals surface area contributed by atoms with Crippen LogP contribution in [0.3, 0.4) is 0 Å². The van der Waals surface area contributed by atoms with Gasteiger partial charge >= 0.3 is 0 Å². The summed E-state index contributed by atoms with van der Waals surface area (Å²) < 4.78 is 16.0. The zero-order chi connectivity index (χ0) is 16.5. The van der Waals surface area contributed by atoms with E-state index in [0.29, 0.717) is 31.1 Å². The van der Waals surface area contributed by atoms with E-state index < -0.39 is 0 Å². The van der Waals surface area contributed by atoms with Gasteiger partial charge in [-0.05, 0) is 43.3 Å². The number of rotatable bonds is 8. The highest BCUT2D eigenvalue weighted by atomic mass is 16.5. The molecule has 0 aliphatic carbocycles. The molecule has 0 aromatic heterocycles. The zero-order valence-corrected chi connectivity index (χ0v) is 13.4. The number of phenols is 1. The molecule has 2 rings (SSSR count). The van der Waals surface area contributed by atoms with E-state index in [0.717, 1.165) is 11.5 Å². The van der Waals surface area contributed by atoms with Gasteiger partial charge in [-0.3, -0.25) is 4.99 Å². The van der Waals surface area contributed by atoms with Gasteiger partial charge in [0.05, 0.1) is 20.3 Å². The highest BCUT2D eigenvalue weighted by molar-refractivity contribution is 5.84. The summed E-state index contributed by atoms with van der Waals surface area (Å²) in [4.78, 5) is 4.25. The maximum atomic E-state index is 9.93. The Balaban J connectivity index is 1.81. The number of benzene rings is 2. The molecule has 0 radical (unpaired) electrons. The molecule has 5 heteroatoms. The SMILES string of the molecule is CCOc1ccc(OCCN=Cc2cccc(OC)c2O)cc1. The fourth-order valence-electron chi connectivity index (χ4n) is 1.99. The van der Waals surface area contributed by atoms with E-state index in [1.165, 1.54) is 7.11 Å². The summed E-state index contributed by atoms with van der Waals surface area (Å²) in [6, 6.07) is 12.7. The van der Waals surface area contributed by atoms with Gasteiger partial charge in [0.25, 0.3) is 0 Å². The van der Waals surface area contributed by atoms with Crippen molar-refractivity contribution in [2.24, 2.45) is 4.99 Å². The summed E-state index contributed by atoms with van der Waals surface area (Å²) in [5.74, 6) is 2.12. The number of nitrogens with zero attached hydrogens (tertiary/aromatic N) is 1. The average molecular weight is 315 g/mol. The van der Waals surface area contributed by atoms with Gasteiger partial charge in [0.2, 0.25) is 0 Å². The van der Waals surface area contributed by atoms with E-state index in [2.05, 4.69) is 4.99 Å². The van der Waals surface area contributed by atoms with Crippen molar-refractivity contribution in [1.29, 1.82) is 0 Å². The van der Waals surface area contributed by atoms with Crippen LogP contribution >= 0.6 is 0 Å². The predicted octanol–water partition coefficient (Wildman–Crippen LogP) is 3.30. The van der Waals surface area contributed by atoms with E-state index in [1.54, 1.807) is 24.4 Å². The molecule has 0 aliphatic heterocycles. The summed E-state index contributed by atoms with van der Waals surface area (Å²) in [5, 5.41) is 9.93. The summed E-state index contributed by atoms with van der Waals surface area (Å²) in [7, 11) is 1.51. The predicted molar refractivity (Wildman–Crippen MR) is 90.2 cm³/mol. The molecule has 0 unspecified atom stereocenters. The molecule has 0 aliphatic rings. The number of aromatic hydroxyl groups is 1. The molecule has 0 amide bonds. The number of aliphatic imine (C=N–C) groups is 1. The van der Waals surface area contributed by atoms with E-state index in [1.807, 2.05) is 31.2 Å². The molecule has 0 bridgehead atoms. The molecule has 2 aromatic carbocycles. The largest absolute Gasteiger partial charge is 0.504 e. The highest BCUT2D eigenvalue weighted by Gasteiger charge is 2.04. The fourth-order valence-corrected chi connectivity index (χ4v) is 1.99. The second-order valence-electron chi connectivity index (χ2n) is 4.69. The van der Waals surface area contributed by atoms with Gasteiger partial charge in [-0.1, -0.05) is 6.07 Å². The first-order chi connectivity index (χ1) is 11.2. The van der Waals surface area contributed by atoms with Crippen LogP contribution in [0.4, 0.5) is 0 Å². The maximum absolute atomic E-state index is 9.93. The average Bonchev–Trinajstić information content (AvgIpc) is 2.58. The monoisotopic (exact) mass is 315 g/mol. The van der Waals surface area contributed by atoms with Crippen LogP contribution in [0.25, 0.3) is 0 Å². The second-order valence-corrected chi connectivity index (χ2v) is 4.69. The Kier molecular flexibility index (Phi) is 6.29. The van der Waals surface area contributed by atoms with Crippen molar-refractivity contribution < 1.29 is 19.3 Å². The second kappa shape index (κ2) is 8.68. The Morgan fingerprint density at radius 3 is 2.39 bits per heavy atom. The van der Waals surface area contributed by atoms with Crippen LogP contribution in [0.15, 0.2) is 47.5 Å². The summed E-state index contributed by atoms with van der Waals surface area (Å²) >= 11 is 0. The van der Waals surface area contributed by atoms with Crippen molar-refractivity contribution in [2.45, 2.75) is 6.92 Å². The van der Waals surface area contributed by atoms with Crippen LogP contribution < -0.4 is 14.2 Å². The standard InChI is InChI=1S/C18H21NO4/c1-3-22-15-7-9-16(10-8-15)23-12-11-19-13-14-5-4-6-17(21-2)18(14)20/h4-10,13,20H,3,11-12H2,1-2H3. The van der Waals surface area contributed by atoms with E-state index in [-0.39, 0.29) is 5.75 Å². The molecular weight excluding hydrogens is 294 g/mol.